The van der Waals surface area contributed by atoms with Crippen molar-refractivity contribution >= 4 is 15.9 Å². The Bertz CT molecular complexity index is 577. The Morgan fingerprint density at radius 2 is 2.00 bits per heavy atom. The molecule has 0 bridgehead atoms. The van der Waals surface area contributed by atoms with Crippen molar-refractivity contribution in [3.8, 4) is 5.75 Å². The van der Waals surface area contributed by atoms with Crippen molar-refractivity contribution in [2.45, 2.75) is 6.04 Å². The maximum Gasteiger partial charge on any atom is 0.133 e. The van der Waals surface area contributed by atoms with Crippen LogP contribution >= 0.6 is 15.9 Å². The summed E-state index contributed by atoms with van der Waals surface area (Å²) in [6.45, 7) is 0. The average Bonchev–Trinajstić information content (AvgIpc) is 2.42. The van der Waals surface area contributed by atoms with Crippen molar-refractivity contribution in [1.29, 1.82) is 0 Å². The van der Waals surface area contributed by atoms with E-state index in [9.17, 15) is 4.39 Å². The molecule has 0 aliphatic carbocycles. The van der Waals surface area contributed by atoms with Crippen LogP contribution in [0.5, 0.6) is 5.75 Å². The lowest BCUT2D eigenvalue weighted by molar-refractivity contribution is 0.411. The highest BCUT2D eigenvalue weighted by Crippen LogP contribution is 2.31. The molecule has 1 unspecified atom stereocenters. The Labute approximate surface area is 119 Å². The van der Waals surface area contributed by atoms with Crippen molar-refractivity contribution in [3.05, 3.63) is 63.9 Å². The lowest BCUT2D eigenvalue weighted by atomic mass is 9.99. The first-order valence-electron chi connectivity index (χ1n) is 5.71. The molecule has 5 heteroatoms. The molecule has 0 heterocycles. The van der Waals surface area contributed by atoms with Gasteiger partial charge in [-0.3, -0.25) is 5.84 Å². The fraction of sp³-hybridized carbons (Fsp3) is 0.143. The first kappa shape index (κ1) is 14.0. The second-order valence-corrected chi connectivity index (χ2v) is 4.87. The number of hydrogen-bond donors (Lipinski definition) is 2. The predicted octanol–water partition coefficient (Wildman–Crippen LogP) is 3.15. The maximum atomic E-state index is 13.8. The molecule has 0 radical (unpaired) electrons. The first-order chi connectivity index (χ1) is 9.17. The maximum absolute atomic E-state index is 13.8. The number of nitrogens with two attached hydrogens (primary N) is 1. The van der Waals surface area contributed by atoms with E-state index in [0.717, 1.165) is 10.0 Å². The van der Waals surface area contributed by atoms with E-state index < -0.39 is 6.04 Å². The van der Waals surface area contributed by atoms with Crippen LogP contribution in [0, 0.1) is 5.82 Å². The molecule has 2 aromatic rings. The minimum absolute atomic E-state index is 0.294. The van der Waals surface area contributed by atoms with Gasteiger partial charge in [0, 0.05) is 5.56 Å². The third kappa shape index (κ3) is 2.94. The highest BCUT2D eigenvalue weighted by atomic mass is 79.9. The van der Waals surface area contributed by atoms with Gasteiger partial charge in [0.2, 0.25) is 0 Å². The molecule has 0 aliphatic rings. The smallest absolute Gasteiger partial charge is 0.133 e. The number of hydrogen-bond acceptors (Lipinski definition) is 3. The Balaban J connectivity index is 2.43. The summed E-state index contributed by atoms with van der Waals surface area (Å²) in [5.74, 6) is 5.98. The van der Waals surface area contributed by atoms with Crippen molar-refractivity contribution in [3.63, 3.8) is 0 Å². The van der Waals surface area contributed by atoms with Crippen LogP contribution in [-0.2, 0) is 0 Å². The summed E-state index contributed by atoms with van der Waals surface area (Å²) in [7, 11) is 1.59. The van der Waals surface area contributed by atoms with Gasteiger partial charge in [-0.2, -0.15) is 0 Å². The van der Waals surface area contributed by atoms with E-state index in [1.54, 1.807) is 25.3 Å². The molecule has 0 amide bonds. The highest BCUT2D eigenvalue weighted by Gasteiger charge is 2.17. The van der Waals surface area contributed by atoms with Crippen LogP contribution in [0.25, 0.3) is 0 Å². The molecule has 2 rings (SSSR count). The zero-order valence-corrected chi connectivity index (χ0v) is 11.9. The summed E-state index contributed by atoms with van der Waals surface area (Å²) < 4.78 is 19.8. The van der Waals surface area contributed by atoms with Gasteiger partial charge in [0.15, 0.2) is 0 Å². The number of hydrazine groups is 1. The van der Waals surface area contributed by atoms with Crippen LogP contribution in [0.3, 0.4) is 0 Å². The molecule has 0 fully saturated rings. The second kappa shape index (κ2) is 6.14. The van der Waals surface area contributed by atoms with E-state index in [1.807, 2.05) is 18.2 Å². The van der Waals surface area contributed by atoms with E-state index in [0.29, 0.717) is 11.3 Å². The van der Waals surface area contributed by atoms with Gasteiger partial charge in [0.25, 0.3) is 0 Å². The number of rotatable bonds is 4. The van der Waals surface area contributed by atoms with Crippen molar-refractivity contribution in [2.24, 2.45) is 5.84 Å². The molecular weight excluding hydrogens is 311 g/mol. The second-order valence-electron chi connectivity index (χ2n) is 4.02. The predicted molar refractivity (Wildman–Crippen MR) is 76.3 cm³/mol. The summed E-state index contributed by atoms with van der Waals surface area (Å²) in [6.07, 6.45) is 0. The molecule has 19 heavy (non-hydrogen) atoms. The normalized spacial score (nSPS) is 12.2. The largest absolute Gasteiger partial charge is 0.496 e. The summed E-state index contributed by atoms with van der Waals surface area (Å²) in [6, 6.07) is 11.7. The SMILES string of the molecule is COc1ccc(C(NN)c2ccccc2F)cc1Br. The van der Waals surface area contributed by atoms with Gasteiger partial charge in [-0.15, -0.1) is 0 Å². The number of benzene rings is 2. The van der Waals surface area contributed by atoms with Gasteiger partial charge in [0.1, 0.15) is 11.6 Å². The van der Waals surface area contributed by atoms with Crippen LogP contribution in [0.15, 0.2) is 46.9 Å². The van der Waals surface area contributed by atoms with Crippen molar-refractivity contribution < 1.29 is 9.13 Å². The third-order valence-corrected chi connectivity index (χ3v) is 3.51. The minimum Gasteiger partial charge on any atom is -0.496 e. The molecular formula is C14H14BrFN2O. The van der Waals surface area contributed by atoms with Gasteiger partial charge in [-0.05, 0) is 39.7 Å². The number of nitrogens with one attached hydrogen (secondary N) is 1. The monoisotopic (exact) mass is 324 g/mol. The molecule has 0 spiro atoms. The fourth-order valence-electron chi connectivity index (χ4n) is 1.94. The number of ether oxygens (including phenoxy) is 1. The van der Waals surface area contributed by atoms with Gasteiger partial charge >= 0.3 is 0 Å². The van der Waals surface area contributed by atoms with Gasteiger partial charge in [-0.25, -0.2) is 9.82 Å². The zero-order valence-electron chi connectivity index (χ0n) is 10.4. The van der Waals surface area contributed by atoms with E-state index in [1.165, 1.54) is 6.07 Å². The first-order valence-corrected chi connectivity index (χ1v) is 6.50. The standard InChI is InChI=1S/C14H14BrFN2O/c1-19-13-7-6-9(8-11(13)15)14(18-17)10-4-2-3-5-12(10)16/h2-8,14,18H,17H2,1H3. The minimum atomic E-state index is -0.414. The molecule has 0 aromatic heterocycles. The molecule has 2 aromatic carbocycles. The molecule has 0 saturated carbocycles. The van der Waals surface area contributed by atoms with E-state index in [2.05, 4.69) is 21.4 Å². The Morgan fingerprint density at radius 3 is 2.58 bits per heavy atom. The summed E-state index contributed by atoms with van der Waals surface area (Å²) in [5, 5.41) is 0. The lowest BCUT2D eigenvalue weighted by Gasteiger charge is -2.18. The van der Waals surface area contributed by atoms with Gasteiger partial charge in [-0.1, -0.05) is 24.3 Å². The third-order valence-electron chi connectivity index (χ3n) is 2.89. The summed E-state index contributed by atoms with van der Waals surface area (Å²) in [5.41, 5.74) is 3.99. The highest BCUT2D eigenvalue weighted by molar-refractivity contribution is 9.10. The summed E-state index contributed by atoms with van der Waals surface area (Å²) >= 11 is 3.41. The quantitative estimate of drug-likeness (QED) is 0.671. The fourth-order valence-corrected chi connectivity index (χ4v) is 2.50. The lowest BCUT2D eigenvalue weighted by Crippen LogP contribution is -2.29. The van der Waals surface area contributed by atoms with Crippen molar-refractivity contribution in [1.82, 2.24) is 5.43 Å². The van der Waals surface area contributed by atoms with Crippen LogP contribution in [0.1, 0.15) is 17.2 Å². The van der Waals surface area contributed by atoms with Crippen LogP contribution < -0.4 is 16.0 Å². The van der Waals surface area contributed by atoms with Crippen LogP contribution in [-0.4, -0.2) is 7.11 Å². The molecule has 0 saturated heterocycles. The van der Waals surface area contributed by atoms with Gasteiger partial charge < -0.3 is 4.74 Å². The van der Waals surface area contributed by atoms with E-state index >= 15 is 0 Å². The molecule has 0 aliphatic heterocycles. The molecule has 3 nitrogen and oxygen atoms in total. The number of halogens is 2. The van der Waals surface area contributed by atoms with Gasteiger partial charge in [0.05, 0.1) is 17.6 Å². The topological polar surface area (TPSA) is 47.3 Å². The van der Waals surface area contributed by atoms with Crippen molar-refractivity contribution in [2.75, 3.05) is 7.11 Å². The average molecular weight is 325 g/mol. The zero-order chi connectivity index (χ0) is 13.8. The molecule has 1 atom stereocenters. The molecule has 3 N–H and O–H groups in total. The Hall–Kier alpha value is -1.43. The van der Waals surface area contributed by atoms with E-state index in [4.69, 9.17) is 10.6 Å². The Kier molecular flexibility index (Phi) is 4.52. The Morgan fingerprint density at radius 1 is 1.26 bits per heavy atom. The molecule has 100 valence electrons. The number of methoxy groups -OCH3 is 1. The summed E-state index contributed by atoms with van der Waals surface area (Å²) in [4.78, 5) is 0. The van der Waals surface area contributed by atoms with Crippen LogP contribution in [0.2, 0.25) is 0 Å². The van der Waals surface area contributed by atoms with Crippen LogP contribution in [0.4, 0.5) is 4.39 Å². The van der Waals surface area contributed by atoms with E-state index in [-0.39, 0.29) is 5.82 Å².